The smallest absolute Gasteiger partial charge is 0.0131 e. The molecule has 1 aliphatic carbocycles. The SMILES string of the molecule is [c]1cccc(C2[CH]CCCCCC2)c1. The van der Waals surface area contributed by atoms with Gasteiger partial charge in [-0.2, -0.15) is 0 Å². The van der Waals surface area contributed by atoms with Crippen LogP contribution in [0.1, 0.15) is 50.0 Å². The van der Waals surface area contributed by atoms with E-state index in [4.69, 9.17) is 0 Å². The van der Waals surface area contributed by atoms with E-state index in [9.17, 15) is 0 Å². The van der Waals surface area contributed by atoms with Crippen molar-refractivity contribution >= 4 is 0 Å². The highest BCUT2D eigenvalue weighted by atomic mass is 14.2. The van der Waals surface area contributed by atoms with Crippen LogP contribution >= 0.6 is 0 Å². The van der Waals surface area contributed by atoms with Crippen LogP contribution in [0.3, 0.4) is 0 Å². The standard InChI is InChI=1S/C14H18/c1-2-5-9-13(10-6-3-1)14-11-7-4-8-12-14/h4,7,9,11-13H,1-3,5-6,10H2. The second-order valence-corrected chi connectivity index (χ2v) is 4.17. The Bertz CT molecular complexity index is 242. The lowest BCUT2D eigenvalue weighted by atomic mass is 9.86. The summed E-state index contributed by atoms with van der Waals surface area (Å²) in [6.45, 7) is 0. The van der Waals surface area contributed by atoms with Gasteiger partial charge in [0.05, 0.1) is 0 Å². The number of rotatable bonds is 1. The topological polar surface area (TPSA) is 0 Å². The molecular weight excluding hydrogens is 168 g/mol. The molecule has 0 aromatic heterocycles. The molecule has 0 heteroatoms. The first kappa shape index (κ1) is 9.76. The van der Waals surface area contributed by atoms with Crippen LogP contribution in [-0.2, 0) is 0 Å². The lowest BCUT2D eigenvalue weighted by Crippen LogP contribution is -2.02. The summed E-state index contributed by atoms with van der Waals surface area (Å²) >= 11 is 0. The van der Waals surface area contributed by atoms with Crippen LogP contribution in [0.4, 0.5) is 0 Å². The molecule has 2 radical (unpaired) electrons. The molecule has 0 spiro atoms. The van der Waals surface area contributed by atoms with Crippen molar-refractivity contribution in [2.24, 2.45) is 0 Å². The monoisotopic (exact) mass is 186 g/mol. The van der Waals surface area contributed by atoms with Crippen molar-refractivity contribution in [2.45, 2.75) is 44.4 Å². The highest BCUT2D eigenvalue weighted by Gasteiger charge is 2.12. The van der Waals surface area contributed by atoms with Crippen molar-refractivity contribution in [3.8, 4) is 0 Å². The van der Waals surface area contributed by atoms with Crippen LogP contribution < -0.4 is 0 Å². The van der Waals surface area contributed by atoms with Gasteiger partial charge in [0, 0.05) is 0 Å². The highest BCUT2D eigenvalue weighted by Crippen LogP contribution is 2.29. The first-order valence-corrected chi connectivity index (χ1v) is 5.76. The molecular formula is C14H18. The fraction of sp³-hybridized carbons (Fsp3) is 0.500. The Morgan fingerprint density at radius 3 is 2.93 bits per heavy atom. The third kappa shape index (κ3) is 2.60. The van der Waals surface area contributed by atoms with E-state index in [0.29, 0.717) is 5.92 Å². The van der Waals surface area contributed by atoms with E-state index in [1.807, 2.05) is 6.07 Å². The van der Waals surface area contributed by atoms with Gasteiger partial charge in [0.25, 0.3) is 0 Å². The van der Waals surface area contributed by atoms with Crippen molar-refractivity contribution in [1.29, 1.82) is 0 Å². The van der Waals surface area contributed by atoms with E-state index < -0.39 is 0 Å². The van der Waals surface area contributed by atoms with Crippen molar-refractivity contribution in [1.82, 2.24) is 0 Å². The van der Waals surface area contributed by atoms with Crippen molar-refractivity contribution in [3.63, 3.8) is 0 Å². The molecule has 0 saturated heterocycles. The van der Waals surface area contributed by atoms with Gasteiger partial charge in [-0.3, -0.25) is 0 Å². The van der Waals surface area contributed by atoms with E-state index in [0.717, 1.165) is 0 Å². The Morgan fingerprint density at radius 1 is 1.14 bits per heavy atom. The van der Waals surface area contributed by atoms with Gasteiger partial charge in [-0.25, -0.2) is 0 Å². The molecule has 1 fully saturated rings. The van der Waals surface area contributed by atoms with Crippen LogP contribution in [-0.4, -0.2) is 0 Å². The largest absolute Gasteiger partial charge is 0.0614 e. The second-order valence-electron chi connectivity index (χ2n) is 4.17. The Labute approximate surface area is 87.3 Å². The van der Waals surface area contributed by atoms with Gasteiger partial charge in [0.1, 0.15) is 0 Å². The van der Waals surface area contributed by atoms with Crippen LogP contribution in [0.25, 0.3) is 0 Å². The summed E-state index contributed by atoms with van der Waals surface area (Å²) in [6, 6.07) is 11.6. The van der Waals surface area contributed by atoms with Crippen LogP contribution in [0.2, 0.25) is 0 Å². The average Bonchev–Trinajstić information content (AvgIpc) is 2.18. The molecule has 1 atom stereocenters. The zero-order chi connectivity index (χ0) is 9.64. The van der Waals surface area contributed by atoms with Gasteiger partial charge in [0.15, 0.2) is 0 Å². The second kappa shape index (κ2) is 5.19. The number of benzene rings is 1. The van der Waals surface area contributed by atoms with Gasteiger partial charge in [0.2, 0.25) is 0 Å². The summed E-state index contributed by atoms with van der Waals surface area (Å²) in [4.78, 5) is 0. The van der Waals surface area contributed by atoms with E-state index in [1.165, 1.54) is 44.1 Å². The lowest BCUT2D eigenvalue weighted by Gasteiger charge is -2.19. The van der Waals surface area contributed by atoms with E-state index in [2.05, 4.69) is 30.7 Å². The maximum atomic E-state index is 3.17. The van der Waals surface area contributed by atoms with E-state index in [1.54, 1.807) is 0 Å². The molecule has 1 aromatic rings. The lowest BCUT2D eigenvalue weighted by molar-refractivity contribution is 0.525. The minimum atomic E-state index is 0.688. The molecule has 1 saturated carbocycles. The summed E-state index contributed by atoms with van der Waals surface area (Å²) in [7, 11) is 0. The summed E-state index contributed by atoms with van der Waals surface area (Å²) in [5.41, 5.74) is 1.45. The zero-order valence-electron chi connectivity index (χ0n) is 8.71. The quantitative estimate of drug-likeness (QED) is 0.618. The molecule has 2 rings (SSSR count). The Hall–Kier alpha value is -0.780. The summed E-state index contributed by atoms with van der Waals surface area (Å²) < 4.78 is 0. The minimum Gasteiger partial charge on any atom is -0.0614 e. The minimum absolute atomic E-state index is 0.688. The van der Waals surface area contributed by atoms with E-state index in [-0.39, 0.29) is 0 Å². The number of hydrogen-bond donors (Lipinski definition) is 0. The molecule has 0 nitrogen and oxygen atoms in total. The number of hydrogen-bond acceptors (Lipinski definition) is 0. The normalized spacial score (nSPS) is 20.0. The molecule has 0 N–H and O–H groups in total. The fourth-order valence-corrected chi connectivity index (χ4v) is 2.24. The van der Waals surface area contributed by atoms with Crippen LogP contribution in [0, 0.1) is 12.5 Å². The highest BCUT2D eigenvalue weighted by molar-refractivity contribution is 5.21. The molecule has 0 heterocycles. The summed E-state index contributed by atoms with van der Waals surface area (Å²) in [5, 5.41) is 0. The Balaban J connectivity index is 2.01. The first-order valence-electron chi connectivity index (χ1n) is 5.76. The van der Waals surface area contributed by atoms with E-state index >= 15 is 0 Å². The van der Waals surface area contributed by atoms with Crippen molar-refractivity contribution < 1.29 is 0 Å². The molecule has 1 aliphatic rings. The third-order valence-electron chi connectivity index (χ3n) is 3.08. The van der Waals surface area contributed by atoms with Crippen LogP contribution in [0.15, 0.2) is 24.3 Å². The summed E-state index contributed by atoms with van der Waals surface area (Å²) in [5.74, 6) is 0.688. The van der Waals surface area contributed by atoms with Gasteiger partial charge in [-0.05, 0) is 36.8 Å². The fourth-order valence-electron chi connectivity index (χ4n) is 2.24. The third-order valence-corrected chi connectivity index (χ3v) is 3.08. The van der Waals surface area contributed by atoms with Crippen molar-refractivity contribution in [3.05, 3.63) is 42.3 Å². The van der Waals surface area contributed by atoms with Gasteiger partial charge >= 0.3 is 0 Å². The average molecular weight is 186 g/mol. The Morgan fingerprint density at radius 2 is 2.07 bits per heavy atom. The van der Waals surface area contributed by atoms with Crippen LogP contribution in [0.5, 0.6) is 0 Å². The van der Waals surface area contributed by atoms with Gasteiger partial charge in [-0.1, -0.05) is 49.9 Å². The first-order chi connectivity index (χ1) is 6.97. The zero-order valence-corrected chi connectivity index (χ0v) is 8.71. The summed E-state index contributed by atoms with van der Waals surface area (Å²) in [6.07, 6.45) is 10.7. The molecule has 1 aromatic carbocycles. The predicted octanol–water partition coefficient (Wildman–Crippen LogP) is 4.13. The molecule has 0 amide bonds. The Kier molecular flexibility index (Phi) is 3.62. The molecule has 1 unspecified atom stereocenters. The van der Waals surface area contributed by atoms with Gasteiger partial charge < -0.3 is 0 Å². The van der Waals surface area contributed by atoms with Gasteiger partial charge in [-0.15, -0.1) is 0 Å². The molecule has 74 valence electrons. The maximum Gasteiger partial charge on any atom is -0.0131 e. The maximum absolute atomic E-state index is 3.17. The molecule has 14 heavy (non-hydrogen) atoms. The van der Waals surface area contributed by atoms with Crippen molar-refractivity contribution in [2.75, 3.05) is 0 Å². The molecule has 0 bridgehead atoms. The predicted molar refractivity (Wildman–Crippen MR) is 60.0 cm³/mol. The molecule has 0 aliphatic heterocycles.